The van der Waals surface area contributed by atoms with Gasteiger partial charge in [-0.2, -0.15) is 12.7 Å². The molecule has 1 atom stereocenters. The lowest BCUT2D eigenvalue weighted by molar-refractivity contribution is -0.157. The van der Waals surface area contributed by atoms with E-state index in [-0.39, 0.29) is 26.3 Å². The van der Waals surface area contributed by atoms with E-state index in [0.29, 0.717) is 0 Å². The number of hydrogen-bond donors (Lipinski definition) is 1. The topological polar surface area (TPSA) is 111 Å². The summed E-state index contributed by atoms with van der Waals surface area (Å²) in [5.41, 5.74) is 0. The van der Waals surface area contributed by atoms with Gasteiger partial charge in [0.1, 0.15) is 0 Å². The fraction of sp³-hybridized carbons (Fsp3) is 0.778. The van der Waals surface area contributed by atoms with E-state index in [1.165, 1.54) is 7.11 Å². The van der Waals surface area contributed by atoms with E-state index in [4.69, 9.17) is 4.74 Å². The van der Waals surface area contributed by atoms with Crippen molar-refractivity contribution in [3.8, 4) is 0 Å². The molecule has 0 radical (unpaired) electrons. The molecule has 0 bridgehead atoms. The van der Waals surface area contributed by atoms with Crippen LogP contribution in [0.25, 0.3) is 0 Å². The number of morpholine rings is 1. The summed E-state index contributed by atoms with van der Waals surface area (Å²) in [7, 11) is -2.88. The zero-order valence-corrected chi connectivity index (χ0v) is 11.4. The van der Waals surface area contributed by atoms with Crippen molar-refractivity contribution >= 4 is 22.3 Å². The normalized spacial score (nSPS) is 20.6. The van der Waals surface area contributed by atoms with Crippen LogP contribution in [-0.4, -0.2) is 64.3 Å². The number of nitrogens with one attached hydrogen (secondary N) is 1. The van der Waals surface area contributed by atoms with Crippen LogP contribution in [0.15, 0.2) is 0 Å². The second kappa shape index (κ2) is 6.68. The lowest BCUT2D eigenvalue weighted by Crippen LogP contribution is -2.53. The van der Waals surface area contributed by atoms with Gasteiger partial charge in [-0.15, -0.1) is 0 Å². The van der Waals surface area contributed by atoms with Gasteiger partial charge in [0.2, 0.25) is 0 Å². The van der Waals surface area contributed by atoms with Crippen LogP contribution < -0.4 is 4.72 Å². The number of carbonyl (C=O) groups excluding carboxylic acids is 2. The summed E-state index contributed by atoms with van der Waals surface area (Å²) < 4.78 is 40.4. The number of hydrogen-bond acceptors (Lipinski definition) is 7. The first kappa shape index (κ1) is 15.7. The number of carbonyl (C=O) groups is 2. The molecule has 110 valence electrons. The molecule has 0 aromatic carbocycles. The fourth-order valence-corrected chi connectivity index (χ4v) is 2.49. The van der Waals surface area contributed by atoms with Crippen LogP contribution in [0.3, 0.4) is 0 Å². The number of amides is 1. The van der Waals surface area contributed by atoms with E-state index in [1.54, 1.807) is 11.6 Å². The van der Waals surface area contributed by atoms with Crippen molar-refractivity contribution in [1.82, 2.24) is 9.03 Å². The zero-order valence-electron chi connectivity index (χ0n) is 10.6. The third kappa shape index (κ3) is 4.33. The Morgan fingerprint density at radius 2 is 2.16 bits per heavy atom. The Hall–Kier alpha value is -1.39. The Kier molecular flexibility index (Phi) is 5.51. The maximum atomic E-state index is 11.8. The molecular formula is C9H16N2O7S. The van der Waals surface area contributed by atoms with Crippen LogP contribution in [-0.2, 0) is 29.2 Å². The minimum atomic E-state index is -4.06. The minimum Gasteiger partial charge on any atom is -0.467 e. The molecule has 1 unspecified atom stereocenters. The highest BCUT2D eigenvalue weighted by molar-refractivity contribution is 7.87. The van der Waals surface area contributed by atoms with Gasteiger partial charge in [-0.1, -0.05) is 0 Å². The van der Waals surface area contributed by atoms with E-state index in [1.807, 2.05) is 0 Å². The summed E-state index contributed by atoms with van der Waals surface area (Å²) in [6.45, 7) is 1.44. The first-order chi connectivity index (χ1) is 8.90. The average molecular weight is 296 g/mol. The Balaban J connectivity index is 2.67. The lowest BCUT2D eigenvalue weighted by atomic mass is 10.3. The highest BCUT2D eigenvalue weighted by Gasteiger charge is 2.34. The monoisotopic (exact) mass is 296 g/mol. The molecule has 0 spiro atoms. The molecule has 10 heteroatoms. The summed E-state index contributed by atoms with van der Waals surface area (Å²) in [5.74, 6) is -0.670. The number of rotatable bonds is 4. The third-order valence-electron chi connectivity index (χ3n) is 2.32. The predicted octanol–water partition coefficient (Wildman–Crippen LogP) is -1.15. The SMILES string of the molecule is CCOC(=O)NS(=O)(=O)N1CCOC(C(=O)OC)C1. The van der Waals surface area contributed by atoms with Gasteiger partial charge in [-0.3, -0.25) is 0 Å². The Morgan fingerprint density at radius 3 is 2.74 bits per heavy atom. The van der Waals surface area contributed by atoms with Crippen molar-refractivity contribution in [3.63, 3.8) is 0 Å². The van der Waals surface area contributed by atoms with Crippen molar-refractivity contribution in [3.05, 3.63) is 0 Å². The second-order valence-electron chi connectivity index (χ2n) is 3.57. The van der Waals surface area contributed by atoms with Crippen molar-refractivity contribution < 1.29 is 32.2 Å². The molecule has 1 saturated heterocycles. The molecule has 0 aromatic rings. The summed E-state index contributed by atoms with van der Waals surface area (Å²) in [6, 6.07) is 0. The Morgan fingerprint density at radius 1 is 1.47 bits per heavy atom. The standard InChI is InChI=1S/C9H16N2O7S/c1-3-17-9(13)10-19(14,15)11-4-5-18-7(6-11)8(12)16-2/h7H,3-6H2,1-2H3,(H,10,13). The quantitative estimate of drug-likeness (QED) is 0.652. The molecule has 1 heterocycles. The van der Waals surface area contributed by atoms with Gasteiger partial charge >= 0.3 is 22.3 Å². The van der Waals surface area contributed by atoms with Gasteiger partial charge < -0.3 is 14.2 Å². The molecule has 0 saturated carbocycles. The molecule has 9 nitrogen and oxygen atoms in total. The van der Waals surface area contributed by atoms with Crippen molar-refractivity contribution in [2.75, 3.05) is 33.4 Å². The van der Waals surface area contributed by atoms with Gasteiger partial charge in [0.05, 0.1) is 26.9 Å². The van der Waals surface area contributed by atoms with Crippen molar-refractivity contribution in [1.29, 1.82) is 0 Å². The maximum absolute atomic E-state index is 11.8. The van der Waals surface area contributed by atoms with Gasteiger partial charge in [-0.25, -0.2) is 14.3 Å². The van der Waals surface area contributed by atoms with Gasteiger partial charge in [0.25, 0.3) is 0 Å². The van der Waals surface area contributed by atoms with Gasteiger partial charge in [0, 0.05) is 6.54 Å². The van der Waals surface area contributed by atoms with Gasteiger partial charge in [-0.05, 0) is 6.92 Å². The van der Waals surface area contributed by atoms with E-state index < -0.39 is 28.4 Å². The highest BCUT2D eigenvalue weighted by atomic mass is 32.2. The van der Waals surface area contributed by atoms with Crippen LogP contribution in [0.2, 0.25) is 0 Å². The zero-order chi connectivity index (χ0) is 14.5. The Labute approximate surface area is 111 Å². The van der Waals surface area contributed by atoms with E-state index >= 15 is 0 Å². The molecule has 0 aromatic heterocycles. The summed E-state index contributed by atoms with van der Waals surface area (Å²) in [6.07, 6.45) is -2.07. The van der Waals surface area contributed by atoms with Crippen molar-refractivity contribution in [2.45, 2.75) is 13.0 Å². The number of esters is 1. The summed E-state index contributed by atoms with van der Waals surface area (Å²) >= 11 is 0. The van der Waals surface area contributed by atoms with Crippen LogP contribution >= 0.6 is 0 Å². The molecule has 1 N–H and O–H groups in total. The molecule has 1 rings (SSSR count). The van der Waals surface area contributed by atoms with Crippen LogP contribution in [0, 0.1) is 0 Å². The van der Waals surface area contributed by atoms with E-state index in [0.717, 1.165) is 4.31 Å². The molecule has 1 fully saturated rings. The average Bonchev–Trinajstić information content (AvgIpc) is 2.37. The molecule has 19 heavy (non-hydrogen) atoms. The first-order valence-electron chi connectivity index (χ1n) is 5.54. The summed E-state index contributed by atoms with van der Waals surface area (Å²) in [5, 5.41) is 0. The Bertz CT molecular complexity index is 436. The number of methoxy groups -OCH3 is 1. The largest absolute Gasteiger partial charge is 0.467 e. The van der Waals surface area contributed by atoms with Crippen LogP contribution in [0.5, 0.6) is 0 Å². The van der Waals surface area contributed by atoms with E-state index in [9.17, 15) is 18.0 Å². The van der Waals surface area contributed by atoms with E-state index in [2.05, 4.69) is 9.47 Å². The second-order valence-corrected chi connectivity index (χ2v) is 5.24. The number of nitrogens with zero attached hydrogens (tertiary/aromatic N) is 1. The predicted molar refractivity (Wildman–Crippen MR) is 62.4 cm³/mol. The third-order valence-corrected chi connectivity index (χ3v) is 3.76. The molecule has 1 aliphatic heterocycles. The molecule has 0 aliphatic carbocycles. The fourth-order valence-electron chi connectivity index (χ4n) is 1.45. The highest BCUT2D eigenvalue weighted by Crippen LogP contribution is 2.10. The van der Waals surface area contributed by atoms with Crippen molar-refractivity contribution in [2.24, 2.45) is 0 Å². The van der Waals surface area contributed by atoms with Crippen LogP contribution in [0.1, 0.15) is 6.92 Å². The molecular weight excluding hydrogens is 280 g/mol. The molecule has 1 aliphatic rings. The number of ether oxygens (including phenoxy) is 3. The lowest BCUT2D eigenvalue weighted by Gasteiger charge is -2.30. The van der Waals surface area contributed by atoms with Crippen LogP contribution in [0.4, 0.5) is 4.79 Å². The summed E-state index contributed by atoms with van der Waals surface area (Å²) in [4.78, 5) is 22.4. The maximum Gasteiger partial charge on any atom is 0.421 e. The first-order valence-corrected chi connectivity index (χ1v) is 6.98. The molecule has 1 amide bonds. The smallest absolute Gasteiger partial charge is 0.421 e. The minimum absolute atomic E-state index is 0.0300. The van der Waals surface area contributed by atoms with Gasteiger partial charge in [0.15, 0.2) is 6.10 Å².